The maximum atomic E-state index is 9.16. The van der Waals surface area contributed by atoms with Crippen molar-refractivity contribution in [3.05, 3.63) is 0 Å². The minimum absolute atomic E-state index is 0.152. The molecule has 0 aromatic heterocycles. The SMILES string of the molecule is CCN1CCC(NCC(O)CO)CC1. The number of aliphatic hydroxyl groups excluding tert-OH is 2. The smallest absolute Gasteiger partial charge is 0.0895 e. The molecule has 0 aliphatic carbocycles. The van der Waals surface area contributed by atoms with E-state index in [2.05, 4.69) is 17.1 Å². The summed E-state index contributed by atoms with van der Waals surface area (Å²) in [6.45, 7) is 5.95. The van der Waals surface area contributed by atoms with Crippen LogP contribution in [0.4, 0.5) is 0 Å². The van der Waals surface area contributed by atoms with Gasteiger partial charge in [-0.15, -0.1) is 0 Å². The van der Waals surface area contributed by atoms with E-state index in [4.69, 9.17) is 10.2 Å². The van der Waals surface area contributed by atoms with Crippen molar-refractivity contribution in [2.24, 2.45) is 0 Å². The second-order valence-electron chi connectivity index (χ2n) is 3.95. The Labute approximate surface area is 85.9 Å². The van der Waals surface area contributed by atoms with E-state index in [1.54, 1.807) is 0 Å². The fraction of sp³-hybridized carbons (Fsp3) is 1.00. The summed E-state index contributed by atoms with van der Waals surface area (Å²) in [5.74, 6) is 0. The predicted octanol–water partition coefficient (Wildman–Crippen LogP) is -0.586. The van der Waals surface area contributed by atoms with Crippen molar-refractivity contribution in [1.82, 2.24) is 10.2 Å². The van der Waals surface area contributed by atoms with Crippen molar-refractivity contribution >= 4 is 0 Å². The third-order valence-corrected chi connectivity index (χ3v) is 2.89. The van der Waals surface area contributed by atoms with Crippen LogP contribution >= 0.6 is 0 Å². The van der Waals surface area contributed by atoms with E-state index in [0.29, 0.717) is 12.6 Å². The number of hydrogen-bond donors (Lipinski definition) is 3. The van der Waals surface area contributed by atoms with E-state index in [0.717, 1.165) is 32.5 Å². The number of rotatable bonds is 5. The fourth-order valence-corrected chi connectivity index (χ4v) is 1.82. The quantitative estimate of drug-likeness (QED) is 0.558. The first-order chi connectivity index (χ1) is 6.76. The van der Waals surface area contributed by atoms with Crippen LogP contribution in [0.15, 0.2) is 0 Å². The van der Waals surface area contributed by atoms with Crippen molar-refractivity contribution < 1.29 is 10.2 Å². The Kier molecular flexibility index (Phi) is 5.40. The standard InChI is InChI=1S/C10H22N2O2/c1-2-12-5-3-9(4-6-12)11-7-10(14)8-13/h9-11,13-14H,2-8H2,1H3. The number of nitrogens with zero attached hydrogens (tertiary/aromatic N) is 1. The van der Waals surface area contributed by atoms with Gasteiger partial charge in [0.25, 0.3) is 0 Å². The van der Waals surface area contributed by atoms with E-state index >= 15 is 0 Å². The Hall–Kier alpha value is -0.160. The van der Waals surface area contributed by atoms with Gasteiger partial charge in [0.15, 0.2) is 0 Å². The average molecular weight is 202 g/mol. The normalized spacial score (nSPS) is 22.5. The van der Waals surface area contributed by atoms with E-state index in [-0.39, 0.29) is 6.61 Å². The summed E-state index contributed by atoms with van der Waals surface area (Å²) in [6, 6.07) is 0.513. The molecule has 0 aromatic rings. The van der Waals surface area contributed by atoms with Gasteiger partial charge in [-0.3, -0.25) is 0 Å². The molecule has 3 N–H and O–H groups in total. The lowest BCUT2D eigenvalue weighted by molar-refractivity contribution is 0.0879. The van der Waals surface area contributed by atoms with Gasteiger partial charge < -0.3 is 20.4 Å². The van der Waals surface area contributed by atoms with Crippen molar-refractivity contribution in [3.8, 4) is 0 Å². The van der Waals surface area contributed by atoms with Crippen LogP contribution in [0.5, 0.6) is 0 Å². The number of nitrogens with one attached hydrogen (secondary N) is 1. The molecule has 0 amide bonds. The largest absolute Gasteiger partial charge is 0.394 e. The van der Waals surface area contributed by atoms with Gasteiger partial charge in [0.1, 0.15) is 0 Å². The van der Waals surface area contributed by atoms with Gasteiger partial charge in [0.05, 0.1) is 12.7 Å². The van der Waals surface area contributed by atoms with Crippen LogP contribution in [0.1, 0.15) is 19.8 Å². The average Bonchev–Trinajstić information content (AvgIpc) is 2.26. The zero-order valence-electron chi connectivity index (χ0n) is 8.95. The third kappa shape index (κ3) is 3.92. The van der Waals surface area contributed by atoms with Gasteiger partial charge in [-0.1, -0.05) is 6.92 Å². The Morgan fingerprint density at radius 2 is 2.07 bits per heavy atom. The van der Waals surface area contributed by atoms with Crippen molar-refractivity contribution in [3.63, 3.8) is 0 Å². The Morgan fingerprint density at radius 3 is 2.57 bits per heavy atom. The second kappa shape index (κ2) is 6.35. The summed E-state index contributed by atoms with van der Waals surface area (Å²) in [5, 5.41) is 21.1. The lowest BCUT2D eigenvalue weighted by Gasteiger charge is -2.31. The number of aliphatic hydroxyl groups is 2. The lowest BCUT2D eigenvalue weighted by Crippen LogP contribution is -2.44. The van der Waals surface area contributed by atoms with Crippen molar-refractivity contribution in [1.29, 1.82) is 0 Å². The van der Waals surface area contributed by atoms with Crippen LogP contribution in [0.2, 0.25) is 0 Å². The summed E-state index contributed by atoms with van der Waals surface area (Å²) in [6.07, 6.45) is 1.68. The molecule has 14 heavy (non-hydrogen) atoms. The summed E-state index contributed by atoms with van der Waals surface area (Å²) in [7, 11) is 0. The number of hydrogen-bond acceptors (Lipinski definition) is 4. The molecular formula is C10H22N2O2. The first kappa shape index (κ1) is 11.9. The second-order valence-corrected chi connectivity index (χ2v) is 3.95. The number of likely N-dealkylation sites (tertiary alicyclic amines) is 1. The highest BCUT2D eigenvalue weighted by Crippen LogP contribution is 2.09. The highest BCUT2D eigenvalue weighted by Gasteiger charge is 2.17. The van der Waals surface area contributed by atoms with Crippen molar-refractivity contribution in [2.45, 2.75) is 31.9 Å². The first-order valence-corrected chi connectivity index (χ1v) is 5.51. The Bertz CT molecular complexity index is 147. The summed E-state index contributed by atoms with van der Waals surface area (Å²) in [4.78, 5) is 2.43. The molecule has 0 spiro atoms. The maximum Gasteiger partial charge on any atom is 0.0895 e. The van der Waals surface area contributed by atoms with Crippen LogP contribution in [0, 0.1) is 0 Å². The number of piperidine rings is 1. The molecule has 0 saturated carbocycles. The molecule has 1 atom stereocenters. The first-order valence-electron chi connectivity index (χ1n) is 5.51. The third-order valence-electron chi connectivity index (χ3n) is 2.89. The van der Waals surface area contributed by atoms with Crippen molar-refractivity contribution in [2.75, 3.05) is 32.8 Å². The maximum absolute atomic E-state index is 9.16. The summed E-state index contributed by atoms with van der Waals surface area (Å²) >= 11 is 0. The van der Waals surface area contributed by atoms with Gasteiger partial charge in [0, 0.05) is 12.6 Å². The molecule has 4 nitrogen and oxygen atoms in total. The summed E-state index contributed by atoms with van der Waals surface area (Å²) < 4.78 is 0. The minimum atomic E-state index is -0.612. The topological polar surface area (TPSA) is 55.7 Å². The van der Waals surface area contributed by atoms with Gasteiger partial charge in [-0.05, 0) is 32.5 Å². The zero-order valence-corrected chi connectivity index (χ0v) is 8.95. The van der Waals surface area contributed by atoms with E-state index < -0.39 is 6.10 Å². The molecular weight excluding hydrogens is 180 g/mol. The van der Waals surface area contributed by atoms with Crippen LogP contribution in [0.3, 0.4) is 0 Å². The van der Waals surface area contributed by atoms with Crippen LogP contribution < -0.4 is 5.32 Å². The van der Waals surface area contributed by atoms with Crippen LogP contribution in [-0.4, -0.2) is 60.0 Å². The molecule has 4 heteroatoms. The highest BCUT2D eigenvalue weighted by atomic mass is 16.3. The molecule has 0 bridgehead atoms. The molecule has 0 aromatic carbocycles. The van der Waals surface area contributed by atoms with Crippen LogP contribution in [-0.2, 0) is 0 Å². The van der Waals surface area contributed by atoms with Crippen LogP contribution in [0.25, 0.3) is 0 Å². The summed E-state index contributed by atoms with van der Waals surface area (Å²) in [5.41, 5.74) is 0. The highest BCUT2D eigenvalue weighted by molar-refractivity contribution is 4.77. The Morgan fingerprint density at radius 1 is 1.43 bits per heavy atom. The predicted molar refractivity (Wildman–Crippen MR) is 56.2 cm³/mol. The molecule has 1 heterocycles. The molecule has 1 aliphatic heterocycles. The monoisotopic (exact) mass is 202 g/mol. The van der Waals surface area contributed by atoms with E-state index in [9.17, 15) is 0 Å². The molecule has 1 fully saturated rings. The zero-order chi connectivity index (χ0) is 10.4. The molecule has 1 rings (SSSR count). The Balaban J connectivity index is 2.10. The van der Waals surface area contributed by atoms with Gasteiger partial charge in [0.2, 0.25) is 0 Å². The molecule has 0 radical (unpaired) electrons. The fourth-order valence-electron chi connectivity index (χ4n) is 1.82. The molecule has 1 aliphatic rings. The molecule has 84 valence electrons. The lowest BCUT2D eigenvalue weighted by atomic mass is 10.1. The van der Waals surface area contributed by atoms with Gasteiger partial charge in [-0.25, -0.2) is 0 Å². The van der Waals surface area contributed by atoms with E-state index in [1.807, 2.05) is 0 Å². The molecule has 1 saturated heterocycles. The molecule has 1 unspecified atom stereocenters. The van der Waals surface area contributed by atoms with Gasteiger partial charge in [-0.2, -0.15) is 0 Å². The minimum Gasteiger partial charge on any atom is -0.394 e. The van der Waals surface area contributed by atoms with E-state index in [1.165, 1.54) is 0 Å². The van der Waals surface area contributed by atoms with Gasteiger partial charge >= 0.3 is 0 Å².